The molecule has 1 fully saturated rings. The second-order valence-electron chi connectivity index (χ2n) is 6.67. The lowest BCUT2D eigenvalue weighted by Gasteiger charge is -2.56. The monoisotopic (exact) mass is 314 g/mol. The normalized spacial score (nSPS) is 23.3. The van der Waals surface area contributed by atoms with Crippen LogP contribution in [0.25, 0.3) is 0 Å². The van der Waals surface area contributed by atoms with Crippen LogP contribution in [0.4, 0.5) is 0 Å². The van der Waals surface area contributed by atoms with Crippen LogP contribution in [-0.4, -0.2) is 38.6 Å². The minimum atomic E-state index is -1.07. The predicted octanol–water partition coefficient (Wildman–Crippen LogP) is 1.77. The van der Waals surface area contributed by atoms with Gasteiger partial charge in [0.1, 0.15) is 0 Å². The Morgan fingerprint density at radius 2 is 1.86 bits per heavy atom. The Kier molecular flexibility index (Phi) is 5.50. The van der Waals surface area contributed by atoms with Gasteiger partial charge < -0.3 is 16.2 Å². The van der Waals surface area contributed by atoms with Crippen molar-refractivity contribution in [1.29, 1.82) is 0 Å². The molecule has 1 aliphatic rings. The molecule has 0 aromatic carbocycles. The zero-order chi connectivity index (χ0) is 16.4. The lowest BCUT2D eigenvalue weighted by atomic mass is 9.81. The summed E-state index contributed by atoms with van der Waals surface area (Å²) in [5.74, 6) is -1.08. The molecular weight excluding hydrogens is 288 g/mol. The summed E-state index contributed by atoms with van der Waals surface area (Å²) in [5.41, 5.74) is 5.53. The first-order valence-electron chi connectivity index (χ1n) is 7.12. The fourth-order valence-corrected chi connectivity index (χ4v) is 5.16. The second-order valence-corrected chi connectivity index (χ2v) is 8.98. The van der Waals surface area contributed by atoms with Gasteiger partial charge in [-0.1, -0.05) is 39.8 Å². The molecule has 0 aliphatic carbocycles. The van der Waals surface area contributed by atoms with Crippen molar-refractivity contribution >= 4 is 23.6 Å². The average Bonchev–Trinajstić information content (AvgIpc) is 2.25. The number of carbonyl (C=O) groups is 2. The highest BCUT2D eigenvalue weighted by Gasteiger charge is 2.52. The number of rotatable bonds is 6. The van der Waals surface area contributed by atoms with Gasteiger partial charge in [0.05, 0.1) is 12.5 Å². The number of nitrogens with one attached hydrogen (secondary N) is 1. The SMILES string of the molecule is CC(/C=C/C1C(C)(C)SC1(C)C)NC(=O)[C@@H](N)CC(=O)O. The minimum Gasteiger partial charge on any atom is -0.481 e. The zero-order valence-electron chi connectivity index (χ0n) is 13.3. The largest absolute Gasteiger partial charge is 0.481 e. The smallest absolute Gasteiger partial charge is 0.305 e. The van der Waals surface area contributed by atoms with Gasteiger partial charge in [-0.2, -0.15) is 0 Å². The average molecular weight is 314 g/mol. The van der Waals surface area contributed by atoms with Crippen LogP contribution in [0.3, 0.4) is 0 Å². The summed E-state index contributed by atoms with van der Waals surface area (Å²) >= 11 is 1.95. The van der Waals surface area contributed by atoms with Gasteiger partial charge in [0.2, 0.25) is 5.91 Å². The quantitative estimate of drug-likeness (QED) is 0.650. The molecule has 0 aromatic heterocycles. The van der Waals surface area contributed by atoms with Gasteiger partial charge in [-0.15, -0.1) is 11.8 Å². The highest BCUT2D eigenvalue weighted by molar-refractivity contribution is 8.03. The molecule has 1 unspecified atom stereocenters. The van der Waals surface area contributed by atoms with Gasteiger partial charge in [0, 0.05) is 21.5 Å². The lowest BCUT2D eigenvalue weighted by molar-refractivity contribution is -0.139. The molecule has 0 bridgehead atoms. The fraction of sp³-hybridized carbons (Fsp3) is 0.733. The molecule has 120 valence electrons. The standard InChI is InChI=1S/C15H26N2O3S/c1-9(17-13(20)10(16)8-12(18)19)6-7-11-14(2,3)21-15(11,4)5/h6-7,9-11H,8,16H2,1-5H3,(H,17,20)(H,18,19)/b7-6+/t9?,10-/m0/s1. The summed E-state index contributed by atoms with van der Waals surface area (Å²) in [6.45, 7) is 10.7. The molecule has 2 atom stereocenters. The number of carbonyl (C=O) groups excluding carboxylic acids is 1. The molecule has 5 nitrogen and oxygen atoms in total. The van der Waals surface area contributed by atoms with Crippen molar-refractivity contribution in [3.05, 3.63) is 12.2 Å². The van der Waals surface area contributed by atoms with Crippen molar-refractivity contribution in [1.82, 2.24) is 5.32 Å². The maximum atomic E-state index is 11.7. The Labute approximate surface area is 130 Å². The van der Waals surface area contributed by atoms with Gasteiger partial charge in [-0.05, 0) is 6.92 Å². The van der Waals surface area contributed by atoms with Gasteiger partial charge in [-0.3, -0.25) is 9.59 Å². The van der Waals surface area contributed by atoms with Gasteiger partial charge in [0.15, 0.2) is 0 Å². The van der Waals surface area contributed by atoms with E-state index in [1.807, 2.05) is 24.8 Å². The molecule has 1 amide bonds. The molecule has 4 N–H and O–H groups in total. The fourth-order valence-electron chi connectivity index (χ4n) is 2.99. The van der Waals surface area contributed by atoms with E-state index in [0.29, 0.717) is 5.92 Å². The third-order valence-corrected chi connectivity index (χ3v) is 5.28. The summed E-state index contributed by atoms with van der Waals surface area (Å²) < 4.78 is 0.396. The van der Waals surface area contributed by atoms with E-state index in [-0.39, 0.29) is 22.0 Å². The van der Waals surface area contributed by atoms with E-state index >= 15 is 0 Å². The Morgan fingerprint density at radius 3 is 2.29 bits per heavy atom. The van der Waals surface area contributed by atoms with Crippen LogP contribution in [0.1, 0.15) is 41.0 Å². The van der Waals surface area contributed by atoms with Crippen LogP contribution < -0.4 is 11.1 Å². The number of aliphatic carboxylic acids is 1. The van der Waals surface area contributed by atoms with Crippen molar-refractivity contribution < 1.29 is 14.7 Å². The number of amides is 1. The zero-order valence-corrected chi connectivity index (χ0v) is 14.2. The number of hydrogen-bond donors (Lipinski definition) is 3. The molecule has 1 saturated heterocycles. The topological polar surface area (TPSA) is 92.4 Å². The van der Waals surface area contributed by atoms with Crippen LogP contribution in [-0.2, 0) is 9.59 Å². The van der Waals surface area contributed by atoms with Crippen LogP contribution in [0.15, 0.2) is 12.2 Å². The first-order chi connectivity index (χ1) is 9.45. The number of carboxylic acid groups (broad SMARTS) is 1. The number of thioether (sulfide) groups is 1. The lowest BCUT2D eigenvalue weighted by Crippen LogP contribution is -2.53. The number of nitrogens with two attached hydrogens (primary N) is 1. The number of carboxylic acids is 1. The molecule has 21 heavy (non-hydrogen) atoms. The summed E-state index contributed by atoms with van der Waals surface area (Å²) in [5, 5.41) is 11.3. The van der Waals surface area contributed by atoms with Gasteiger partial charge >= 0.3 is 5.97 Å². The van der Waals surface area contributed by atoms with Crippen molar-refractivity contribution in [3.8, 4) is 0 Å². The van der Waals surface area contributed by atoms with Crippen LogP contribution >= 0.6 is 11.8 Å². The Balaban J connectivity index is 2.53. The first kappa shape index (κ1) is 18.0. The Hall–Kier alpha value is -1.01. The summed E-state index contributed by atoms with van der Waals surface area (Å²) in [7, 11) is 0. The Bertz CT molecular complexity index is 432. The summed E-state index contributed by atoms with van der Waals surface area (Å²) in [4.78, 5) is 22.3. The third-order valence-electron chi connectivity index (χ3n) is 3.72. The maximum Gasteiger partial charge on any atom is 0.305 e. The van der Waals surface area contributed by atoms with E-state index in [2.05, 4.69) is 39.1 Å². The summed E-state index contributed by atoms with van der Waals surface area (Å²) in [6, 6.07) is -1.18. The molecule has 1 heterocycles. The highest BCUT2D eigenvalue weighted by Crippen LogP contribution is 2.59. The number of hydrogen-bond acceptors (Lipinski definition) is 4. The van der Waals surface area contributed by atoms with Crippen LogP contribution in [0.2, 0.25) is 0 Å². The molecule has 0 spiro atoms. The molecule has 1 aliphatic heterocycles. The predicted molar refractivity (Wildman–Crippen MR) is 86.2 cm³/mol. The van der Waals surface area contributed by atoms with Gasteiger partial charge in [0.25, 0.3) is 0 Å². The number of allylic oxidation sites excluding steroid dienone is 1. The first-order valence-corrected chi connectivity index (χ1v) is 7.93. The van der Waals surface area contributed by atoms with Crippen molar-refractivity contribution in [3.63, 3.8) is 0 Å². The van der Waals surface area contributed by atoms with Crippen LogP contribution in [0.5, 0.6) is 0 Å². The van der Waals surface area contributed by atoms with E-state index in [1.54, 1.807) is 0 Å². The van der Waals surface area contributed by atoms with E-state index < -0.39 is 17.9 Å². The molecule has 0 saturated carbocycles. The van der Waals surface area contributed by atoms with Crippen LogP contribution in [0, 0.1) is 5.92 Å². The molecular formula is C15H26N2O3S. The van der Waals surface area contributed by atoms with E-state index in [9.17, 15) is 9.59 Å². The van der Waals surface area contributed by atoms with E-state index in [4.69, 9.17) is 10.8 Å². The second kappa shape index (κ2) is 6.40. The molecule has 6 heteroatoms. The molecule has 0 radical (unpaired) electrons. The maximum absolute atomic E-state index is 11.7. The van der Waals surface area contributed by atoms with Crippen molar-refractivity contribution in [2.75, 3.05) is 0 Å². The highest BCUT2D eigenvalue weighted by atomic mass is 32.2. The third kappa shape index (κ3) is 4.74. The summed E-state index contributed by atoms with van der Waals surface area (Å²) in [6.07, 6.45) is 3.74. The molecule has 0 aromatic rings. The molecule has 1 rings (SSSR count). The van der Waals surface area contributed by atoms with E-state index in [1.165, 1.54) is 0 Å². The Morgan fingerprint density at radius 1 is 1.33 bits per heavy atom. The van der Waals surface area contributed by atoms with E-state index in [0.717, 1.165) is 0 Å². The van der Waals surface area contributed by atoms with Crippen molar-refractivity contribution in [2.45, 2.75) is 62.6 Å². The van der Waals surface area contributed by atoms with Gasteiger partial charge in [-0.25, -0.2) is 0 Å². The minimum absolute atomic E-state index is 0.172. The van der Waals surface area contributed by atoms with Crippen molar-refractivity contribution in [2.24, 2.45) is 11.7 Å².